The van der Waals surface area contributed by atoms with E-state index in [9.17, 15) is 13.2 Å². The fraction of sp³-hybridized carbons (Fsp3) is 0.154. The molecule has 0 amide bonds. The van der Waals surface area contributed by atoms with E-state index < -0.39 is 16.0 Å². The van der Waals surface area contributed by atoms with Crippen molar-refractivity contribution in [2.24, 2.45) is 0 Å². The molecule has 0 aliphatic heterocycles. The van der Waals surface area contributed by atoms with Gasteiger partial charge in [0.15, 0.2) is 0 Å². The van der Waals surface area contributed by atoms with Crippen LogP contribution in [-0.2, 0) is 14.8 Å². The van der Waals surface area contributed by atoms with Crippen LogP contribution in [0.3, 0.4) is 0 Å². The molecule has 0 atom stereocenters. The number of anilines is 1. The molecule has 9 heteroatoms. The number of benzene rings is 1. The summed E-state index contributed by atoms with van der Waals surface area (Å²) in [6, 6.07) is 5.70. The first-order valence-corrected chi connectivity index (χ1v) is 8.97. The summed E-state index contributed by atoms with van der Waals surface area (Å²) in [6.07, 6.45) is 0. The number of halogens is 2. The fourth-order valence-corrected chi connectivity index (χ4v) is 4.74. The molecule has 118 valence electrons. The number of hydrogen-bond donors (Lipinski definition) is 1. The Morgan fingerprint density at radius 2 is 1.95 bits per heavy atom. The second-order valence-electron chi connectivity index (χ2n) is 4.29. The largest absolute Gasteiger partial charge is 0.465 e. The van der Waals surface area contributed by atoms with Crippen LogP contribution in [0.4, 0.5) is 5.00 Å². The zero-order valence-electron chi connectivity index (χ0n) is 11.5. The number of ether oxygens (including phenoxy) is 1. The SMILES string of the molecule is COC(=O)c1sc(NS(=O)(=O)c2cc(Cl)ccc2Cl)cc1C. The van der Waals surface area contributed by atoms with Crippen molar-refractivity contribution in [3.8, 4) is 0 Å². The first-order valence-electron chi connectivity index (χ1n) is 5.91. The van der Waals surface area contributed by atoms with Crippen LogP contribution in [0, 0.1) is 6.92 Å². The van der Waals surface area contributed by atoms with Crippen LogP contribution >= 0.6 is 34.5 Å². The van der Waals surface area contributed by atoms with Gasteiger partial charge in [-0.05, 0) is 36.8 Å². The highest BCUT2D eigenvalue weighted by atomic mass is 35.5. The number of esters is 1. The average molecular weight is 380 g/mol. The molecule has 0 saturated carbocycles. The van der Waals surface area contributed by atoms with Crippen LogP contribution < -0.4 is 4.72 Å². The van der Waals surface area contributed by atoms with Crippen molar-refractivity contribution in [1.29, 1.82) is 0 Å². The minimum atomic E-state index is -3.91. The third kappa shape index (κ3) is 3.55. The molecule has 0 bridgehead atoms. The summed E-state index contributed by atoms with van der Waals surface area (Å²) < 4.78 is 31.8. The number of thiophene rings is 1. The maximum Gasteiger partial charge on any atom is 0.348 e. The number of rotatable bonds is 4. The molecule has 1 aromatic heterocycles. The van der Waals surface area contributed by atoms with E-state index in [0.29, 0.717) is 10.4 Å². The molecule has 0 fully saturated rings. The molecule has 1 heterocycles. The molecule has 1 aromatic carbocycles. The molecule has 1 N–H and O–H groups in total. The average Bonchev–Trinajstić information content (AvgIpc) is 2.80. The first-order chi connectivity index (χ1) is 10.2. The van der Waals surface area contributed by atoms with E-state index in [1.54, 1.807) is 13.0 Å². The fourth-order valence-electron chi connectivity index (χ4n) is 1.70. The summed E-state index contributed by atoms with van der Waals surface area (Å²) in [5.41, 5.74) is 0.617. The Labute approximate surface area is 141 Å². The van der Waals surface area contributed by atoms with Gasteiger partial charge in [-0.25, -0.2) is 13.2 Å². The number of aryl methyl sites for hydroxylation is 1. The topological polar surface area (TPSA) is 72.5 Å². The lowest BCUT2D eigenvalue weighted by Gasteiger charge is -2.08. The van der Waals surface area contributed by atoms with Crippen molar-refractivity contribution in [1.82, 2.24) is 0 Å². The Morgan fingerprint density at radius 3 is 2.59 bits per heavy atom. The highest BCUT2D eigenvalue weighted by Gasteiger charge is 2.21. The van der Waals surface area contributed by atoms with Crippen LogP contribution in [0.5, 0.6) is 0 Å². The van der Waals surface area contributed by atoms with E-state index in [-0.39, 0.29) is 19.9 Å². The Hall–Kier alpha value is -1.28. The lowest BCUT2D eigenvalue weighted by molar-refractivity contribution is 0.0605. The van der Waals surface area contributed by atoms with Crippen LogP contribution in [0.15, 0.2) is 29.2 Å². The summed E-state index contributed by atoms with van der Waals surface area (Å²) in [5, 5.41) is 0.592. The van der Waals surface area contributed by atoms with Gasteiger partial charge in [-0.3, -0.25) is 4.72 Å². The van der Waals surface area contributed by atoms with Gasteiger partial charge in [-0.2, -0.15) is 0 Å². The van der Waals surface area contributed by atoms with Gasteiger partial charge in [0.05, 0.1) is 12.1 Å². The van der Waals surface area contributed by atoms with E-state index in [2.05, 4.69) is 9.46 Å². The minimum Gasteiger partial charge on any atom is -0.465 e. The zero-order chi connectivity index (χ0) is 16.5. The number of carbonyl (C=O) groups excluding carboxylic acids is 1. The van der Waals surface area contributed by atoms with Gasteiger partial charge >= 0.3 is 5.97 Å². The van der Waals surface area contributed by atoms with E-state index in [0.717, 1.165) is 11.3 Å². The predicted molar refractivity (Wildman–Crippen MR) is 87.7 cm³/mol. The lowest BCUT2D eigenvalue weighted by Crippen LogP contribution is -2.12. The number of sulfonamides is 1. The van der Waals surface area contributed by atoms with Gasteiger partial charge in [0.25, 0.3) is 10.0 Å². The standard InChI is InChI=1S/C13H11Cl2NO4S2/c1-7-5-11(21-12(7)13(17)20-2)16-22(18,19)10-6-8(14)3-4-9(10)15/h3-6,16H,1-2H3. The van der Waals surface area contributed by atoms with Crippen LogP contribution in [0.2, 0.25) is 10.0 Å². The number of hydrogen-bond acceptors (Lipinski definition) is 5. The van der Waals surface area contributed by atoms with E-state index in [4.69, 9.17) is 23.2 Å². The van der Waals surface area contributed by atoms with Gasteiger partial charge in [0.1, 0.15) is 14.8 Å². The van der Waals surface area contributed by atoms with E-state index in [1.807, 2.05) is 0 Å². The van der Waals surface area contributed by atoms with Crippen molar-refractivity contribution in [2.45, 2.75) is 11.8 Å². The summed E-state index contributed by atoms with van der Waals surface area (Å²) in [4.78, 5) is 11.8. The van der Waals surface area contributed by atoms with Crippen LogP contribution in [0.25, 0.3) is 0 Å². The van der Waals surface area contributed by atoms with E-state index >= 15 is 0 Å². The quantitative estimate of drug-likeness (QED) is 0.816. The van der Waals surface area contributed by atoms with Gasteiger partial charge in [0, 0.05) is 5.02 Å². The van der Waals surface area contributed by atoms with Gasteiger partial charge in [0.2, 0.25) is 0 Å². The Balaban J connectivity index is 2.37. The predicted octanol–water partition coefficient (Wildman–Crippen LogP) is 3.95. The molecular weight excluding hydrogens is 369 g/mol. The molecule has 0 aliphatic carbocycles. The van der Waals surface area contributed by atoms with Crippen molar-refractivity contribution in [3.05, 3.63) is 44.8 Å². The van der Waals surface area contributed by atoms with Crippen molar-refractivity contribution >= 4 is 55.5 Å². The van der Waals surface area contributed by atoms with Crippen LogP contribution in [-0.4, -0.2) is 21.5 Å². The van der Waals surface area contributed by atoms with Crippen molar-refractivity contribution in [2.75, 3.05) is 11.8 Å². The third-order valence-corrected chi connectivity index (χ3v) is 6.05. The van der Waals surface area contributed by atoms with Gasteiger partial charge in [-0.15, -0.1) is 11.3 Å². The Morgan fingerprint density at radius 1 is 1.27 bits per heavy atom. The second kappa shape index (κ2) is 6.45. The molecule has 5 nitrogen and oxygen atoms in total. The molecule has 2 rings (SSSR count). The van der Waals surface area contributed by atoms with Gasteiger partial charge in [-0.1, -0.05) is 23.2 Å². The molecule has 22 heavy (non-hydrogen) atoms. The van der Waals surface area contributed by atoms with Crippen LogP contribution in [0.1, 0.15) is 15.2 Å². The monoisotopic (exact) mass is 379 g/mol. The van der Waals surface area contributed by atoms with Gasteiger partial charge < -0.3 is 4.74 Å². The molecule has 0 spiro atoms. The molecule has 0 aliphatic rings. The highest BCUT2D eigenvalue weighted by Crippen LogP contribution is 2.31. The number of nitrogens with one attached hydrogen (secondary N) is 1. The van der Waals surface area contributed by atoms with E-state index in [1.165, 1.54) is 25.3 Å². The highest BCUT2D eigenvalue weighted by molar-refractivity contribution is 7.93. The Kier molecular flexibility index (Phi) is 5.01. The summed E-state index contributed by atoms with van der Waals surface area (Å²) in [5.74, 6) is -0.520. The summed E-state index contributed by atoms with van der Waals surface area (Å²) in [6.45, 7) is 1.69. The molecule has 2 aromatic rings. The third-order valence-electron chi connectivity index (χ3n) is 2.71. The number of carbonyl (C=O) groups is 1. The minimum absolute atomic E-state index is 0.0540. The second-order valence-corrected chi connectivity index (χ2v) is 7.84. The van der Waals surface area contributed by atoms with Crippen molar-refractivity contribution in [3.63, 3.8) is 0 Å². The maximum absolute atomic E-state index is 12.4. The lowest BCUT2D eigenvalue weighted by atomic mass is 10.3. The summed E-state index contributed by atoms with van der Waals surface area (Å²) in [7, 11) is -2.65. The normalized spacial score (nSPS) is 11.3. The molecular formula is C13H11Cl2NO4S2. The molecule has 0 unspecified atom stereocenters. The zero-order valence-corrected chi connectivity index (χ0v) is 14.7. The first kappa shape index (κ1) is 17.1. The molecule has 0 radical (unpaired) electrons. The molecule has 0 saturated heterocycles. The van der Waals surface area contributed by atoms with Crippen molar-refractivity contribution < 1.29 is 17.9 Å². The maximum atomic E-state index is 12.4. The Bertz CT molecular complexity index is 831. The smallest absolute Gasteiger partial charge is 0.348 e. The number of methoxy groups -OCH3 is 1. The summed E-state index contributed by atoms with van der Waals surface area (Å²) >= 11 is 12.7.